The molecule has 2 fully saturated rings. The van der Waals surface area contributed by atoms with Gasteiger partial charge in [-0.3, -0.25) is 24.1 Å². The molecule has 0 aliphatic carbocycles. The molecule has 3 aromatic carbocycles. The molecule has 2 aliphatic heterocycles. The predicted octanol–water partition coefficient (Wildman–Crippen LogP) is 4.99. The molecule has 1 aromatic heterocycles. The van der Waals surface area contributed by atoms with E-state index in [1.807, 2.05) is 74.5 Å². The Hall–Kier alpha value is -5.03. The number of aliphatic hydroxyl groups is 1. The smallest absolute Gasteiger partial charge is 0.246 e. The third-order valence-electron chi connectivity index (χ3n) is 11.7. The van der Waals surface area contributed by atoms with Gasteiger partial charge in [-0.2, -0.15) is 0 Å². The summed E-state index contributed by atoms with van der Waals surface area (Å²) in [6.45, 7) is 12.4. The Labute approximate surface area is 381 Å². The maximum Gasteiger partial charge on any atom is 0.246 e. The van der Waals surface area contributed by atoms with Crippen LogP contribution in [0.1, 0.15) is 68.5 Å². The molecule has 3 atom stereocenters. The lowest BCUT2D eigenvalue weighted by molar-refractivity contribution is -0.144. The largest absolute Gasteiger partial charge is 0.391 e. The molecule has 4 aromatic rings. The van der Waals surface area contributed by atoms with Gasteiger partial charge in [0.15, 0.2) is 0 Å². The first-order chi connectivity index (χ1) is 30.9. The van der Waals surface area contributed by atoms with E-state index in [-0.39, 0.29) is 62.9 Å². The summed E-state index contributed by atoms with van der Waals surface area (Å²) in [7, 11) is 0. The first kappa shape index (κ1) is 48.4. The Morgan fingerprint density at radius 1 is 0.797 bits per heavy atom. The molecule has 64 heavy (non-hydrogen) atoms. The molecule has 344 valence electrons. The number of carbonyl (C=O) groups is 4. The fourth-order valence-electron chi connectivity index (χ4n) is 8.15. The summed E-state index contributed by atoms with van der Waals surface area (Å²) in [5.41, 5.74) is 6.55. The lowest BCUT2D eigenvalue weighted by Crippen LogP contribution is -2.57. The average Bonchev–Trinajstić information content (AvgIpc) is 3.92. The number of amides is 4. The van der Waals surface area contributed by atoms with Crippen molar-refractivity contribution in [1.82, 2.24) is 30.3 Å². The molecule has 3 N–H and O–H groups in total. The normalized spacial score (nSPS) is 17.4. The van der Waals surface area contributed by atoms with Crippen LogP contribution >= 0.6 is 11.3 Å². The third kappa shape index (κ3) is 13.7. The molecule has 2 aliphatic rings. The minimum absolute atomic E-state index is 0.00174. The van der Waals surface area contributed by atoms with Gasteiger partial charge in [0.1, 0.15) is 12.1 Å². The van der Waals surface area contributed by atoms with Crippen LogP contribution in [0.5, 0.6) is 0 Å². The minimum atomic E-state index is -0.926. The second kappa shape index (κ2) is 23.8. The van der Waals surface area contributed by atoms with Gasteiger partial charge in [0.05, 0.1) is 74.3 Å². The molecule has 0 spiro atoms. The molecular weight excluding hydrogens is 833 g/mol. The van der Waals surface area contributed by atoms with Crippen molar-refractivity contribution < 1.29 is 38.5 Å². The monoisotopic (exact) mass is 896 g/mol. The van der Waals surface area contributed by atoms with Crippen LogP contribution in [0.25, 0.3) is 10.4 Å². The maximum atomic E-state index is 13.9. The van der Waals surface area contributed by atoms with Gasteiger partial charge in [0.25, 0.3) is 0 Å². The number of benzene rings is 3. The van der Waals surface area contributed by atoms with Gasteiger partial charge in [0.2, 0.25) is 23.6 Å². The van der Waals surface area contributed by atoms with Gasteiger partial charge >= 0.3 is 0 Å². The number of nitrogens with zero attached hydrogens (tertiary/aromatic N) is 4. The number of aliphatic hydroxyl groups excluding tert-OH is 1. The highest BCUT2D eigenvalue weighted by atomic mass is 32.1. The summed E-state index contributed by atoms with van der Waals surface area (Å²) in [5, 5.41) is 16.3. The van der Waals surface area contributed by atoms with Crippen LogP contribution in [0.2, 0.25) is 0 Å². The summed E-state index contributed by atoms with van der Waals surface area (Å²) in [4.78, 5) is 64.5. The summed E-state index contributed by atoms with van der Waals surface area (Å²) >= 11 is 1.58. The van der Waals surface area contributed by atoms with Gasteiger partial charge in [-0.15, -0.1) is 11.3 Å². The van der Waals surface area contributed by atoms with Gasteiger partial charge < -0.3 is 39.8 Å². The highest BCUT2D eigenvalue weighted by Gasteiger charge is 2.44. The predicted molar refractivity (Wildman–Crippen MR) is 246 cm³/mol. The number of hydrogen-bond donors (Lipinski definition) is 3. The van der Waals surface area contributed by atoms with E-state index in [0.29, 0.717) is 45.9 Å². The van der Waals surface area contributed by atoms with E-state index in [9.17, 15) is 24.3 Å². The maximum absolute atomic E-state index is 13.9. The number of aryl methyl sites for hydroxylation is 1. The molecule has 0 radical (unpaired) electrons. The molecule has 4 amide bonds. The number of thiazole rings is 1. The first-order valence-corrected chi connectivity index (χ1v) is 23.2. The Bertz CT molecular complexity index is 2050. The third-order valence-corrected chi connectivity index (χ3v) is 12.6. The van der Waals surface area contributed by atoms with Crippen molar-refractivity contribution in [2.45, 2.75) is 77.7 Å². The van der Waals surface area contributed by atoms with E-state index in [2.05, 4.69) is 69.0 Å². The zero-order valence-electron chi connectivity index (χ0n) is 37.6. The highest BCUT2D eigenvalue weighted by molar-refractivity contribution is 7.13. The van der Waals surface area contributed by atoms with Crippen molar-refractivity contribution in [2.75, 3.05) is 72.4 Å². The summed E-state index contributed by atoms with van der Waals surface area (Å²) in [6.07, 6.45) is -0.408. The number of nitrogens with one attached hydrogen (secondary N) is 2. The molecule has 3 heterocycles. The van der Waals surface area contributed by atoms with Crippen LogP contribution in [0.15, 0.2) is 90.4 Å². The highest BCUT2D eigenvalue weighted by Crippen LogP contribution is 2.31. The van der Waals surface area contributed by atoms with Crippen molar-refractivity contribution >= 4 is 35.0 Å². The van der Waals surface area contributed by atoms with E-state index in [4.69, 9.17) is 14.2 Å². The van der Waals surface area contributed by atoms with E-state index in [1.54, 1.807) is 11.3 Å². The zero-order chi connectivity index (χ0) is 45.5. The molecule has 0 bridgehead atoms. The molecule has 0 unspecified atom stereocenters. The Kier molecular flexibility index (Phi) is 18.0. The van der Waals surface area contributed by atoms with E-state index in [1.165, 1.54) is 16.0 Å². The quantitative estimate of drug-likeness (QED) is 0.0973. The number of hydrogen-bond acceptors (Lipinski definition) is 11. The molecule has 0 saturated carbocycles. The van der Waals surface area contributed by atoms with Crippen LogP contribution in [-0.4, -0.2) is 139 Å². The zero-order valence-corrected chi connectivity index (χ0v) is 38.4. The molecule has 15 heteroatoms. The number of likely N-dealkylation sites (tertiary alicyclic amines) is 1. The topological polar surface area (TPSA) is 163 Å². The second-order valence-corrected chi connectivity index (χ2v) is 18.3. The van der Waals surface area contributed by atoms with E-state index < -0.39 is 29.5 Å². The number of ether oxygens (including phenoxy) is 3. The fourth-order valence-corrected chi connectivity index (χ4v) is 8.96. The Morgan fingerprint density at radius 2 is 1.38 bits per heavy atom. The molecule has 14 nitrogen and oxygen atoms in total. The van der Waals surface area contributed by atoms with Gasteiger partial charge in [-0.05, 0) is 34.6 Å². The SMILES string of the molecule is Cc1ncsc1-c1ccc(CNC(=O)[C@@H]2C[C@H](O)CN2C(=O)[C@@H](NC(=O)CCOCCOCCOCCC(=O)N2CCN(C(c3ccccc3)c3ccccc3)CC2)C(C)(C)C)cc1. The van der Waals surface area contributed by atoms with Crippen LogP contribution in [-0.2, 0) is 39.9 Å². The number of rotatable bonds is 21. The molecule has 2 saturated heterocycles. The van der Waals surface area contributed by atoms with Gasteiger partial charge in [-0.25, -0.2) is 4.98 Å². The van der Waals surface area contributed by atoms with Crippen LogP contribution in [0.3, 0.4) is 0 Å². The molecular formula is C49H64N6O8S. The summed E-state index contributed by atoms with van der Waals surface area (Å²) < 4.78 is 16.9. The van der Waals surface area contributed by atoms with Gasteiger partial charge in [-0.1, -0.05) is 106 Å². The minimum Gasteiger partial charge on any atom is -0.391 e. The lowest BCUT2D eigenvalue weighted by Gasteiger charge is -2.39. The Morgan fingerprint density at radius 3 is 1.94 bits per heavy atom. The van der Waals surface area contributed by atoms with Crippen molar-refractivity contribution in [1.29, 1.82) is 0 Å². The van der Waals surface area contributed by atoms with Crippen LogP contribution in [0, 0.1) is 12.3 Å². The standard InChI is InChI=1S/C49H64N6O8S/c1-35-45(64-34-51-35)39-17-15-36(16-18-39)32-50-47(59)41-31-40(56)33-55(41)48(60)46(49(2,3)4)52-42(57)19-25-61-27-29-63-30-28-62-26-20-43(58)53-21-23-54(24-22-53)44(37-11-7-5-8-12-37)38-13-9-6-10-14-38/h5-18,34,40-41,44,46,56H,19-33H2,1-4H3,(H,50,59)(H,52,57)/t40-,41-,46+/m0/s1. The lowest BCUT2D eigenvalue weighted by atomic mass is 9.85. The van der Waals surface area contributed by atoms with Crippen molar-refractivity contribution in [3.63, 3.8) is 0 Å². The average molecular weight is 897 g/mol. The van der Waals surface area contributed by atoms with Crippen molar-refractivity contribution in [2.24, 2.45) is 5.41 Å². The van der Waals surface area contributed by atoms with Crippen LogP contribution in [0.4, 0.5) is 0 Å². The summed E-state index contributed by atoms with van der Waals surface area (Å²) in [5.74, 6) is -1.05. The number of β-amino-alcohol motifs (C(OH)–C–C–N with tert-alkyl or cyclic N) is 1. The number of piperazine rings is 1. The molecule has 6 rings (SSSR count). The van der Waals surface area contributed by atoms with Crippen molar-refractivity contribution in [3.05, 3.63) is 113 Å². The summed E-state index contributed by atoms with van der Waals surface area (Å²) in [6, 6.07) is 27.2. The second-order valence-electron chi connectivity index (χ2n) is 17.4. The van der Waals surface area contributed by atoms with Crippen molar-refractivity contribution in [3.8, 4) is 10.4 Å². The van der Waals surface area contributed by atoms with E-state index in [0.717, 1.165) is 34.8 Å². The Balaban J connectivity index is 0.827. The van der Waals surface area contributed by atoms with E-state index >= 15 is 0 Å². The van der Waals surface area contributed by atoms with Gasteiger partial charge in [0, 0.05) is 52.1 Å². The fraction of sp³-hybridized carbons (Fsp3) is 0.490. The number of aromatic nitrogens is 1. The van der Waals surface area contributed by atoms with Crippen LogP contribution < -0.4 is 10.6 Å². The number of carbonyl (C=O) groups excluding carboxylic acids is 4. The first-order valence-electron chi connectivity index (χ1n) is 22.3.